The SMILES string of the molecule is O=C(CSc1nc2cc(C(=O)NCc3cccc(Cl)c3)ccc2c(=O)n1CCc1ccccc1)c1ccccc1. The number of Topliss-reactive ketones (excluding diaryl/α,β-unsaturated/α-hetero) is 1. The quantitative estimate of drug-likeness (QED) is 0.123. The van der Waals surface area contributed by atoms with E-state index in [4.69, 9.17) is 16.6 Å². The molecule has 0 aliphatic carbocycles. The molecule has 5 aromatic rings. The third-order valence-corrected chi connectivity index (χ3v) is 7.63. The zero-order valence-electron chi connectivity index (χ0n) is 21.5. The van der Waals surface area contributed by atoms with Crippen LogP contribution in [0.5, 0.6) is 0 Å². The van der Waals surface area contributed by atoms with Gasteiger partial charge in [-0.1, -0.05) is 96.2 Å². The van der Waals surface area contributed by atoms with Gasteiger partial charge in [0.25, 0.3) is 11.5 Å². The van der Waals surface area contributed by atoms with Gasteiger partial charge in [0, 0.05) is 29.2 Å². The largest absolute Gasteiger partial charge is 0.348 e. The Hall–Kier alpha value is -4.20. The molecule has 1 amide bonds. The second kappa shape index (κ2) is 12.8. The van der Waals surface area contributed by atoms with Gasteiger partial charge in [0.2, 0.25) is 0 Å². The number of hydrogen-bond donors (Lipinski definition) is 1. The van der Waals surface area contributed by atoms with Gasteiger partial charge in [0.05, 0.1) is 16.7 Å². The third-order valence-electron chi connectivity index (χ3n) is 6.42. The van der Waals surface area contributed by atoms with Crippen molar-refractivity contribution in [2.75, 3.05) is 5.75 Å². The van der Waals surface area contributed by atoms with E-state index in [-0.39, 0.29) is 23.0 Å². The molecule has 0 bridgehead atoms. The number of aryl methyl sites for hydroxylation is 1. The van der Waals surface area contributed by atoms with Crippen LogP contribution in [0.4, 0.5) is 0 Å². The molecular weight excluding hydrogens is 542 g/mol. The van der Waals surface area contributed by atoms with Crippen molar-refractivity contribution in [1.29, 1.82) is 0 Å². The number of aromatic nitrogens is 2. The summed E-state index contributed by atoms with van der Waals surface area (Å²) in [5.74, 6) is -0.207. The Labute approximate surface area is 241 Å². The Morgan fingerprint density at radius 1 is 0.825 bits per heavy atom. The van der Waals surface area contributed by atoms with E-state index in [0.29, 0.717) is 51.7 Å². The lowest BCUT2D eigenvalue weighted by Crippen LogP contribution is -2.26. The number of nitrogens with one attached hydrogen (secondary N) is 1. The van der Waals surface area contributed by atoms with Gasteiger partial charge in [-0.25, -0.2) is 4.98 Å². The Bertz CT molecular complexity index is 1720. The molecule has 0 atom stereocenters. The van der Waals surface area contributed by atoms with Gasteiger partial charge in [0.1, 0.15) is 0 Å². The predicted octanol–water partition coefficient (Wildman–Crippen LogP) is 6.20. The Kier molecular flexibility index (Phi) is 8.74. The number of hydrogen-bond acceptors (Lipinski definition) is 5. The summed E-state index contributed by atoms with van der Waals surface area (Å²) in [5.41, 5.74) is 3.17. The molecule has 40 heavy (non-hydrogen) atoms. The Morgan fingerprint density at radius 2 is 1.55 bits per heavy atom. The molecule has 1 N–H and O–H groups in total. The van der Waals surface area contributed by atoms with E-state index in [2.05, 4.69) is 5.32 Å². The van der Waals surface area contributed by atoms with Gasteiger partial charge in [-0.2, -0.15) is 0 Å². The van der Waals surface area contributed by atoms with Crippen molar-refractivity contribution in [2.45, 2.75) is 24.7 Å². The Morgan fingerprint density at radius 3 is 2.30 bits per heavy atom. The third kappa shape index (κ3) is 6.68. The highest BCUT2D eigenvalue weighted by molar-refractivity contribution is 7.99. The van der Waals surface area contributed by atoms with Gasteiger partial charge >= 0.3 is 0 Å². The summed E-state index contributed by atoms with van der Waals surface area (Å²) >= 11 is 7.27. The highest BCUT2D eigenvalue weighted by Gasteiger charge is 2.16. The summed E-state index contributed by atoms with van der Waals surface area (Å²) in [7, 11) is 0. The lowest BCUT2D eigenvalue weighted by atomic mass is 10.1. The van der Waals surface area contributed by atoms with Crippen LogP contribution < -0.4 is 10.9 Å². The second-order valence-corrected chi connectivity index (χ2v) is 10.6. The summed E-state index contributed by atoms with van der Waals surface area (Å²) < 4.78 is 1.62. The van der Waals surface area contributed by atoms with Gasteiger partial charge in [-0.3, -0.25) is 19.0 Å². The average Bonchev–Trinajstić information content (AvgIpc) is 2.99. The number of carbonyl (C=O) groups is 2. The van der Waals surface area contributed by atoms with E-state index >= 15 is 0 Å². The molecule has 4 aromatic carbocycles. The average molecular weight is 568 g/mol. The summed E-state index contributed by atoms with van der Waals surface area (Å²) in [5, 5.41) is 4.34. The van der Waals surface area contributed by atoms with Crippen LogP contribution in [0, 0.1) is 0 Å². The Balaban J connectivity index is 1.42. The van der Waals surface area contributed by atoms with E-state index in [1.807, 2.05) is 60.7 Å². The molecular formula is C32H26ClN3O3S. The van der Waals surface area contributed by atoms with Crippen molar-refractivity contribution >= 4 is 46.0 Å². The zero-order chi connectivity index (χ0) is 27.9. The zero-order valence-corrected chi connectivity index (χ0v) is 23.1. The topological polar surface area (TPSA) is 81.1 Å². The maximum absolute atomic E-state index is 13.6. The molecule has 5 rings (SSSR count). The van der Waals surface area contributed by atoms with Crippen LogP contribution >= 0.6 is 23.4 Å². The molecule has 8 heteroatoms. The first-order valence-electron chi connectivity index (χ1n) is 12.8. The fraction of sp³-hybridized carbons (Fsp3) is 0.125. The summed E-state index contributed by atoms with van der Waals surface area (Å²) in [6.07, 6.45) is 0.637. The summed E-state index contributed by atoms with van der Waals surface area (Å²) in [4.78, 5) is 44.1. The van der Waals surface area contributed by atoms with Crippen LogP contribution in [-0.2, 0) is 19.5 Å². The highest BCUT2D eigenvalue weighted by Crippen LogP contribution is 2.21. The first-order chi connectivity index (χ1) is 19.5. The van der Waals surface area contributed by atoms with Crippen LogP contribution in [0.25, 0.3) is 10.9 Å². The maximum Gasteiger partial charge on any atom is 0.262 e. The molecule has 0 aliphatic rings. The normalized spacial score (nSPS) is 10.9. The van der Waals surface area contributed by atoms with Crippen molar-refractivity contribution in [3.8, 4) is 0 Å². The minimum atomic E-state index is -0.287. The molecule has 0 fully saturated rings. The van der Waals surface area contributed by atoms with Crippen LogP contribution in [0.15, 0.2) is 113 Å². The van der Waals surface area contributed by atoms with E-state index in [1.54, 1.807) is 47.0 Å². The molecule has 1 aromatic heterocycles. The number of thioether (sulfide) groups is 1. The van der Waals surface area contributed by atoms with Crippen LogP contribution in [0.2, 0.25) is 5.02 Å². The predicted molar refractivity (Wildman–Crippen MR) is 160 cm³/mol. The lowest BCUT2D eigenvalue weighted by Gasteiger charge is -2.14. The van der Waals surface area contributed by atoms with E-state index in [1.165, 1.54) is 11.8 Å². The molecule has 0 saturated carbocycles. The van der Waals surface area contributed by atoms with E-state index in [9.17, 15) is 14.4 Å². The number of benzene rings is 4. The second-order valence-electron chi connectivity index (χ2n) is 9.21. The smallest absolute Gasteiger partial charge is 0.262 e. The number of nitrogens with zero attached hydrogens (tertiary/aromatic N) is 2. The number of carbonyl (C=O) groups excluding carboxylic acids is 2. The molecule has 6 nitrogen and oxygen atoms in total. The van der Waals surface area contributed by atoms with Crippen LogP contribution in [0.1, 0.15) is 31.8 Å². The van der Waals surface area contributed by atoms with Gasteiger partial charge in [-0.15, -0.1) is 0 Å². The molecule has 0 unspecified atom stereocenters. The highest BCUT2D eigenvalue weighted by atomic mass is 35.5. The van der Waals surface area contributed by atoms with Crippen LogP contribution in [-0.4, -0.2) is 27.0 Å². The molecule has 200 valence electrons. The number of ketones is 1. The van der Waals surface area contributed by atoms with Gasteiger partial charge < -0.3 is 5.32 Å². The molecule has 0 aliphatic heterocycles. The van der Waals surface area contributed by atoms with E-state index in [0.717, 1.165) is 11.1 Å². The van der Waals surface area contributed by atoms with Crippen molar-refractivity contribution < 1.29 is 9.59 Å². The number of fused-ring (bicyclic) bond motifs is 1. The van der Waals surface area contributed by atoms with Gasteiger partial charge in [-0.05, 0) is 47.9 Å². The first-order valence-corrected chi connectivity index (χ1v) is 14.2. The number of amides is 1. The number of rotatable bonds is 10. The molecule has 0 saturated heterocycles. The minimum Gasteiger partial charge on any atom is -0.348 e. The van der Waals surface area contributed by atoms with Crippen LogP contribution in [0.3, 0.4) is 0 Å². The van der Waals surface area contributed by atoms with Crippen molar-refractivity contribution in [3.05, 3.63) is 141 Å². The number of halogens is 1. The van der Waals surface area contributed by atoms with Crippen molar-refractivity contribution in [3.63, 3.8) is 0 Å². The van der Waals surface area contributed by atoms with E-state index < -0.39 is 0 Å². The standard InChI is InChI=1S/C32H26ClN3O3S/c33-26-13-7-10-23(18-26)20-34-30(38)25-14-15-27-28(19-25)35-32(40-21-29(37)24-11-5-2-6-12-24)36(31(27)39)17-16-22-8-3-1-4-9-22/h1-15,18-19H,16-17,20-21H2,(H,34,38). The molecule has 0 radical (unpaired) electrons. The maximum atomic E-state index is 13.6. The summed E-state index contributed by atoms with van der Waals surface area (Å²) in [6.45, 7) is 0.726. The van der Waals surface area contributed by atoms with Crippen molar-refractivity contribution in [1.82, 2.24) is 14.9 Å². The minimum absolute atomic E-state index is 0.0521. The molecule has 0 spiro atoms. The van der Waals surface area contributed by atoms with Crippen molar-refractivity contribution in [2.24, 2.45) is 0 Å². The fourth-order valence-corrected chi connectivity index (χ4v) is 5.44. The molecule has 1 heterocycles. The fourth-order valence-electron chi connectivity index (χ4n) is 4.30. The monoisotopic (exact) mass is 567 g/mol. The first kappa shape index (κ1) is 27.4. The van der Waals surface area contributed by atoms with Gasteiger partial charge in [0.15, 0.2) is 10.9 Å². The summed E-state index contributed by atoms with van der Waals surface area (Å²) in [6, 6.07) is 31.1. The lowest BCUT2D eigenvalue weighted by molar-refractivity contribution is 0.0950.